The Labute approximate surface area is 156 Å². The van der Waals surface area contributed by atoms with Crippen LogP contribution >= 0.6 is 23.2 Å². The highest BCUT2D eigenvalue weighted by atomic mass is 35.5. The zero-order valence-corrected chi connectivity index (χ0v) is 17.7. The summed E-state index contributed by atoms with van der Waals surface area (Å²) in [5.74, 6) is 0.171. The molecule has 24 heavy (non-hydrogen) atoms. The Bertz CT molecular complexity index is 614. The zero-order valence-electron chi connectivity index (χ0n) is 15.2. The number of carbonyl (C=O) groups excluding carboxylic acids is 1. The zero-order chi connectivity index (χ0) is 18.1. The molecule has 1 heterocycles. The van der Waals surface area contributed by atoms with Crippen molar-refractivity contribution in [1.29, 1.82) is 0 Å². The molecule has 3 nitrogen and oxygen atoms in total. The fourth-order valence-electron chi connectivity index (χ4n) is 2.72. The third-order valence-electron chi connectivity index (χ3n) is 5.25. The van der Waals surface area contributed by atoms with Gasteiger partial charge in [0.05, 0.1) is 12.6 Å². The lowest BCUT2D eigenvalue weighted by molar-refractivity contribution is -0.129. The van der Waals surface area contributed by atoms with Gasteiger partial charge in [0.15, 0.2) is 8.32 Å². The Kier molecular flexibility index (Phi) is 6.06. The molecule has 0 aromatic heterocycles. The standard InChI is InChI=1S/C18H27Cl2NO2Si/c1-18(2,3)24(4,5)23-11-10-21-16(8-9-17(21)22)14-7-6-13(19)12-15(14)20/h6-7,12,16H,8-11H2,1-5H3/t16-/m1/s1. The fourth-order valence-corrected chi connectivity index (χ4v) is 4.29. The molecule has 0 saturated carbocycles. The molecule has 1 aromatic rings. The third-order valence-corrected chi connectivity index (χ3v) is 10.4. The van der Waals surface area contributed by atoms with Gasteiger partial charge in [-0.2, -0.15) is 0 Å². The number of rotatable bonds is 5. The highest BCUT2D eigenvalue weighted by Crippen LogP contribution is 2.38. The maximum absolute atomic E-state index is 12.3. The van der Waals surface area contributed by atoms with E-state index >= 15 is 0 Å². The van der Waals surface area contributed by atoms with Gasteiger partial charge >= 0.3 is 0 Å². The van der Waals surface area contributed by atoms with Crippen molar-refractivity contribution in [3.8, 4) is 0 Å². The van der Waals surface area contributed by atoms with Crippen molar-refractivity contribution in [2.24, 2.45) is 0 Å². The van der Waals surface area contributed by atoms with E-state index in [1.165, 1.54) is 0 Å². The number of carbonyl (C=O) groups is 1. The Balaban J connectivity index is 2.06. The van der Waals surface area contributed by atoms with E-state index in [0.29, 0.717) is 29.6 Å². The maximum atomic E-state index is 12.3. The molecule has 1 saturated heterocycles. The monoisotopic (exact) mass is 387 g/mol. The van der Waals surface area contributed by atoms with E-state index in [1.807, 2.05) is 17.0 Å². The van der Waals surface area contributed by atoms with Crippen LogP contribution in [0.3, 0.4) is 0 Å². The molecule has 0 unspecified atom stereocenters. The molecule has 134 valence electrons. The first-order chi connectivity index (χ1) is 11.0. The molecule has 1 amide bonds. The van der Waals surface area contributed by atoms with Gasteiger partial charge in [0.2, 0.25) is 5.91 Å². The highest BCUT2D eigenvalue weighted by molar-refractivity contribution is 6.74. The summed E-state index contributed by atoms with van der Waals surface area (Å²) < 4.78 is 6.23. The lowest BCUT2D eigenvalue weighted by atomic mass is 10.0. The lowest BCUT2D eigenvalue weighted by Crippen LogP contribution is -2.43. The number of amides is 1. The second kappa shape index (κ2) is 7.36. The minimum absolute atomic E-state index is 0.0188. The summed E-state index contributed by atoms with van der Waals surface area (Å²) in [4.78, 5) is 14.2. The van der Waals surface area contributed by atoms with Crippen molar-refractivity contribution in [2.45, 2.75) is 57.8 Å². The molecule has 0 bridgehead atoms. The van der Waals surface area contributed by atoms with E-state index in [4.69, 9.17) is 27.6 Å². The summed E-state index contributed by atoms with van der Waals surface area (Å²) >= 11 is 12.3. The van der Waals surface area contributed by atoms with E-state index in [2.05, 4.69) is 33.9 Å². The van der Waals surface area contributed by atoms with Crippen LogP contribution < -0.4 is 0 Å². The van der Waals surface area contributed by atoms with Gasteiger partial charge in [0.25, 0.3) is 0 Å². The lowest BCUT2D eigenvalue weighted by Gasteiger charge is -2.37. The molecule has 1 aliphatic rings. The predicted molar refractivity (Wildman–Crippen MR) is 103 cm³/mol. The number of halogens is 2. The first kappa shape index (κ1) is 19.8. The molecule has 0 radical (unpaired) electrons. The summed E-state index contributed by atoms with van der Waals surface area (Å²) in [5, 5.41) is 1.40. The van der Waals surface area contributed by atoms with Gasteiger partial charge in [-0.05, 0) is 42.2 Å². The van der Waals surface area contributed by atoms with E-state index in [-0.39, 0.29) is 17.0 Å². The van der Waals surface area contributed by atoms with E-state index < -0.39 is 8.32 Å². The summed E-state index contributed by atoms with van der Waals surface area (Å²) in [6.45, 7) is 12.3. The van der Waals surface area contributed by atoms with E-state index in [9.17, 15) is 4.79 Å². The van der Waals surface area contributed by atoms with Crippen molar-refractivity contribution in [3.05, 3.63) is 33.8 Å². The number of hydrogen-bond acceptors (Lipinski definition) is 2. The van der Waals surface area contributed by atoms with Gasteiger partial charge in [0, 0.05) is 23.0 Å². The second-order valence-electron chi connectivity index (χ2n) is 7.92. The second-order valence-corrected chi connectivity index (χ2v) is 13.6. The minimum Gasteiger partial charge on any atom is -0.415 e. The van der Waals surface area contributed by atoms with Crippen molar-refractivity contribution in [2.75, 3.05) is 13.2 Å². The molecule has 0 spiro atoms. The topological polar surface area (TPSA) is 29.5 Å². The number of benzene rings is 1. The average Bonchev–Trinajstić information content (AvgIpc) is 2.79. The van der Waals surface area contributed by atoms with Crippen LogP contribution in [-0.2, 0) is 9.22 Å². The smallest absolute Gasteiger partial charge is 0.223 e. The van der Waals surface area contributed by atoms with Crippen molar-refractivity contribution in [1.82, 2.24) is 4.90 Å². The predicted octanol–water partition coefficient (Wildman–Crippen LogP) is 5.68. The van der Waals surface area contributed by atoms with Crippen LogP contribution in [0.2, 0.25) is 28.2 Å². The molecule has 1 fully saturated rings. The van der Waals surface area contributed by atoms with Gasteiger partial charge in [-0.25, -0.2) is 0 Å². The molecule has 2 rings (SSSR count). The van der Waals surface area contributed by atoms with E-state index in [0.717, 1.165) is 12.0 Å². The molecular weight excluding hydrogens is 361 g/mol. The number of hydrogen-bond donors (Lipinski definition) is 0. The molecule has 0 N–H and O–H groups in total. The molecule has 6 heteroatoms. The molecule has 1 aromatic carbocycles. The first-order valence-electron chi connectivity index (χ1n) is 8.41. The van der Waals surface area contributed by atoms with Crippen LogP contribution in [-0.4, -0.2) is 32.3 Å². The van der Waals surface area contributed by atoms with Crippen LogP contribution in [0, 0.1) is 0 Å². The van der Waals surface area contributed by atoms with Crippen molar-refractivity contribution >= 4 is 37.4 Å². The Morgan fingerprint density at radius 3 is 2.54 bits per heavy atom. The third kappa shape index (κ3) is 4.34. The summed E-state index contributed by atoms with van der Waals surface area (Å²) in [7, 11) is -1.80. The van der Waals surface area contributed by atoms with Gasteiger partial charge < -0.3 is 9.33 Å². The average molecular weight is 388 g/mol. The van der Waals surface area contributed by atoms with Crippen LogP contribution in [0.4, 0.5) is 0 Å². The summed E-state index contributed by atoms with van der Waals surface area (Å²) in [6, 6.07) is 5.52. The van der Waals surface area contributed by atoms with Gasteiger partial charge in [-0.15, -0.1) is 0 Å². The highest BCUT2D eigenvalue weighted by Gasteiger charge is 2.38. The minimum atomic E-state index is -1.80. The number of nitrogens with zero attached hydrogens (tertiary/aromatic N) is 1. The summed E-state index contributed by atoms with van der Waals surface area (Å²) in [5.41, 5.74) is 0.972. The first-order valence-corrected chi connectivity index (χ1v) is 12.1. The maximum Gasteiger partial charge on any atom is 0.223 e. The Morgan fingerprint density at radius 1 is 1.29 bits per heavy atom. The quantitative estimate of drug-likeness (QED) is 0.608. The van der Waals surface area contributed by atoms with Crippen LogP contribution in [0.1, 0.15) is 45.2 Å². The van der Waals surface area contributed by atoms with Gasteiger partial charge in [0.1, 0.15) is 0 Å². The largest absolute Gasteiger partial charge is 0.415 e. The van der Waals surface area contributed by atoms with Crippen LogP contribution in [0.5, 0.6) is 0 Å². The molecular formula is C18H27Cl2NO2Si. The summed E-state index contributed by atoms with van der Waals surface area (Å²) in [6.07, 6.45) is 1.35. The Morgan fingerprint density at radius 2 is 1.96 bits per heavy atom. The van der Waals surface area contributed by atoms with Crippen LogP contribution in [0.25, 0.3) is 0 Å². The fraction of sp³-hybridized carbons (Fsp3) is 0.611. The van der Waals surface area contributed by atoms with Crippen LogP contribution in [0.15, 0.2) is 18.2 Å². The van der Waals surface area contributed by atoms with Crippen molar-refractivity contribution < 1.29 is 9.22 Å². The van der Waals surface area contributed by atoms with E-state index in [1.54, 1.807) is 6.07 Å². The molecule has 0 aliphatic carbocycles. The Hall–Kier alpha value is -0.553. The van der Waals surface area contributed by atoms with Gasteiger partial charge in [-0.3, -0.25) is 4.79 Å². The van der Waals surface area contributed by atoms with Crippen molar-refractivity contribution in [3.63, 3.8) is 0 Å². The van der Waals surface area contributed by atoms with Gasteiger partial charge in [-0.1, -0.05) is 50.0 Å². The molecule has 1 atom stereocenters. The normalized spacial score (nSPS) is 19.2. The number of likely N-dealkylation sites (tertiary alicyclic amines) is 1. The molecule has 1 aliphatic heterocycles. The SMILES string of the molecule is CC(C)(C)[Si](C)(C)OCCN1C(=O)CC[C@@H]1c1ccc(Cl)cc1Cl.